The quantitative estimate of drug-likeness (QED) is 0.584. The number of nitrogens with zero attached hydrogens (tertiary/aromatic N) is 4. The van der Waals surface area contributed by atoms with E-state index in [1.807, 2.05) is 36.4 Å². The number of thioether (sulfide) groups is 1. The van der Waals surface area contributed by atoms with E-state index in [4.69, 9.17) is 4.74 Å². The van der Waals surface area contributed by atoms with Crippen LogP contribution in [0.25, 0.3) is 16.9 Å². The van der Waals surface area contributed by atoms with Crippen LogP contribution in [0.4, 0.5) is 0 Å². The first-order valence-electron chi connectivity index (χ1n) is 8.68. The normalized spacial score (nSPS) is 16.7. The van der Waals surface area contributed by atoms with Gasteiger partial charge in [-0.15, -0.1) is 10.2 Å². The summed E-state index contributed by atoms with van der Waals surface area (Å²) in [5.74, 6) is 0.217. The number of carbonyl (C=O) groups excluding carboxylic acids is 1. The molecule has 9 heteroatoms. The van der Waals surface area contributed by atoms with Gasteiger partial charge in [0.25, 0.3) is 0 Å². The molecule has 1 amide bonds. The lowest BCUT2D eigenvalue weighted by Gasteiger charge is -2.10. The number of fused-ring (bicyclic) bond motifs is 1. The first-order valence-corrected chi connectivity index (χ1v) is 10.5. The Hall–Kier alpha value is -1.97. The average molecular weight is 448 g/mol. The summed E-state index contributed by atoms with van der Waals surface area (Å²) in [5, 5.41) is 16.4. The zero-order valence-electron chi connectivity index (χ0n) is 14.5. The Balaban J connectivity index is 1.43. The fourth-order valence-corrected chi connectivity index (χ4v) is 3.83. The maximum atomic E-state index is 12.1. The minimum atomic E-state index is -0.0451. The molecule has 1 aliphatic heterocycles. The molecule has 4 rings (SSSR count). The molecule has 1 saturated heterocycles. The van der Waals surface area contributed by atoms with Crippen LogP contribution in [0.1, 0.15) is 12.8 Å². The van der Waals surface area contributed by atoms with Crippen molar-refractivity contribution in [3.8, 4) is 11.3 Å². The van der Waals surface area contributed by atoms with Crippen LogP contribution in [0.2, 0.25) is 0 Å². The van der Waals surface area contributed by atoms with Crippen LogP contribution < -0.4 is 5.32 Å². The predicted molar refractivity (Wildman–Crippen MR) is 107 cm³/mol. The lowest BCUT2D eigenvalue weighted by atomic mass is 10.1. The molecule has 1 N–H and O–H groups in total. The summed E-state index contributed by atoms with van der Waals surface area (Å²) in [5.41, 5.74) is 2.47. The average Bonchev–Trinajstić information content (AvgIpc) is 3.34. The number of amides is 1. The smallest absolute Gasteiger partial charge is 0.230 e. The Morgan fingerprint density at radius 2 is 2.11 bits per heavy atom. The van der Waals surface area contributed by atoms with Gasteiger partial charge in [-0.05, 0) is 37.1 Å². The Kier molecular flexibility index (Phi) is 5.70. The zero-order valence-corrected chi connectivity index (χ0v) is 16.9. The van der Waals surface area contributed by atoms with Gasteiger partial charge in [-0.25, -0.2) is 0 Å². The second-order valence-corrected chi connectivity index (χ2v) is 8.06. The fourth-order valence-electron chi connectivity index (χ4n) is 2.85. The SMILES string of the molecule is O=C(CSc1nnc2ccc(-c3ccc(Br)cc3)nn12)NC[C@H]1CCCO1. The molecule has 0 spiro atoms. The van der Waals surface area contributed by atoms with Gasteiger partial charge < -0.3 is 10.1 Å². The number of nitrogens with one attached hydrogen (secondary N) is 1. The van der Waals surface area contributed by atoms with Crippen molar-refractivity contribution in [2.75, 3.05) is 18.9 Å². The number of ether oxygens (including phenoxy) is 1. The molecule has 1 fully saturated rings. The van der Waals surface area contributed by atoms with Crippen molar-refractivity contribution in [2.24, 2.45) is 0 Å². The summed E-state index contributed by atoms with van der Waals surface area (Å²) in [6.45, 7) is 1.35. The van der Waals surface area contributed by atoms with Crippen LogP contribution in [0.15, 0.2) is 46.0 Å². The second kappa shape index (κ2) is 8.37. The molecule has 27 heavy (non-hydrogen) atoms. The minimum absolute atomic E-state index is 0.0451. The highest BCUT2D eigenvalue weighted by atomic mass is 79.9. The van der Waals surface area contributed by atoms with E-state index in [0.29, 0.717) is 17.3 Å². The number of hydrogen-bond acceptors (Lipinski definition) is 6. The van der Waals surface area contributed by atoms with Gasteiger partial charge in [0.2, 0.25) is 11.1 Å². The number of aromatic nitrogens is 4. The van der Waals surface area contributed by atoms with Gasteiger partial charge in [0.1, 0.15) is 0 Å². The highest BCUT2D eigenvalue weighted by molar-refractivity contribution is 9.10. The van der Waals surface area contributed by atoms with E-state index in [9.17, 15) is 4.79 Å². The van der Waals surface area contributed by atoms with E-state index in [0.717, 1.165) is 35.2 Å². The molecule has 3 aromatic rings. The van der Waals surface area contributed by atoms with E-state index in [1.165, 1.54) is 11.8 Å². The Morgan fingerprint density at radius 3 is 2.89 bits per heavy atom. The highest BCUT2D eigenvalue weighted by Crippen LogP contribution is 2.22. The monoisotopic (exact) mass is 447 g/mol. The number of hydrogen-bond donors (Lipinski definition) is 1. The first-order chi connectivity index (χ1) is 13.2. The summed E-state index contributed by atoms with van der Waals surface area (Å²) < 4.78 is 8.20. The van der Waals surface area contributed by atoms with E-state index in [1.54, 1.807) is 4.52 Å². The van der Waals surface area contributed by atoms with Crippen LogP contribution in [0.3, 0.4) is 0 Å². The van der Waals surface area contributed by atoms with Crippen molar-refractivity contribution in [3.63, 3.8) is 0 Å². The summed E-state index contributed by atoms with van der Waals surface area (Å²) >= 11 is 4.76. The molecule has 3 heterocycles. The first kappa shape index (κ1) is 18.4. The summed E-state index contributed by atoms with van der Waals surface area (Å²) in [6, 6.07) is 11.7. The maximum absolute atomic E-state index is 12.1. The van der Waals surface area contributed by atoms with E-state index in [-0.39, 0.29) is 17.8 Å². The molecule has 7 nitrogen and oxygen atoms in total. The highest BCUT2D eigenvalue weighted by Gasteiger charge is 2.17. The van der Waals surface area contributed by atoms with Crippen LogP contribution in [0.5, 0.6) is 0 Å². The largest absolute Gasteiger partial charge is 0.376 e. The van der Waals surface area contributed by atoms with Crippen LogP contribution in [0, 0.1) is 0 Å². The lowest BCUT2D eigenvalue weighted by Crippen LogP contribution is -2.32. The molecule has 1 aliphatic rings. The third kappa shape index (κ3) is 4.48. The molecule has 140 valence electrons. The molecule has 0 aliphatic carbocycles. The second-order valence-electron chi connectivity index (χ2n) is 6.21. The molecule has 0 radical (unpaired) electrons. The van der Waals surface area contributed by atoms with E-state index in [2.05, 4.69) is 36.5 Å². The van der Waals surface area contributed by atoms with Crippen LogP contribution >= 0.6 is 27.7 Å². The van der Waals surface area contributed by atoms with Crippen molar-refractivity contribution in [2.45, 2.75) is 24.1 Å². The van der Waals surface area contributed by atoms with Gasteiger partial charge in [0.05, 0.1) is 17.6 Å². The van der Waals surface area contributed by atoms with Gasteiger partial charge in [-0.2, -0.15) is 9.61 Å². The molecule has 0 saturated carbocycles. The van der Waals surface area contributed by atoms with Gasteiger partial charge in [-0.1, -0.05) is 39.8 Å². The molecule has 2 aromatic heterocycles. The minimum Gasteiger partial charge on any atom is -0.376 e. The third-order valence-electron chi connectivity index (χ3n) is 4.26. The Bertz CT molecular complexity index is 941. The van der Waals surface area contributed by atoms with Gasteiger partial charge in [0, 0.05) is 23.2 Å². The summed E-state index contributed by atoms with van der Waals surface area (Å²) in [7, 11) is 0. The number of benzene rings is 1. The van der Waals surface area contributed by atoms with E-state index < -0.39 is 0 Å². The van der Waals surface area contributed by atoms with Gasteiger partial charge in [-0.3, -0.25) is 4.79 Å². The molecule has 0 unspecified atom stereocenters. The topological polar surface area (TPSA) is 81.4 Å². The van der Waals surface area contributed by atoms with Crippen molar-refractivity contribution in [3.05, 3.63) is 40.9 Å². The Morgan fingerprint density at radius 1 is 1.26 bits per heavy atom. The van der Waals surface area contributed by atoms with Gasteiger partial charge >= 0.3 is 0 Å². The van der Waals surface area contributed by atoms with Crippen molar-refractivity contribution < 1.29 is 9.53 Å². The molecule has 1 aromatic carbocycles. The maximum Gasteiger partial charge on any atom is 0.230 e. The number of halogens is 1. The molecule has 0 bridgehead atoms. The van der Waals surface area contributed by atoms with Crippen molar-refractivity contribution in [1.29, 1.82) is 0 Å². The standard InChI is InChI=1S/C18H18BrN5O2S/c19-13-5-3-12(4-6-13)15-7-8-16-21-22-18(24(16)23-15)27-11-17(25)20-10-14-2-1-9-26-14/h3-8,14H,1-2,9-11H2,(H,20,25)/t14-/m1/s1. The number of carbonyl (C=O) groups is 1. The van der Waals surface area contributed by atoms with Crippen LogP contribution in [-0.2, 0) is 9.53 Å². The fraction of sp³-hybridized carbons (Fsp3) is 0.333. The van der Waals surface area contributed by atoms with Gasteiger partial charge in [0.15, 0.2) is 5.65 Å². The van der Waals surface area contributed by atoms with E-state index >= 15 is 0 Å². The summed E-state index contributed by atoms with van der Waals surface area (Å²) in [6.07, 6.45) is 2.21. The predicted octanol–water partition coefficient (Wildman–Crippen LogP) is 2.94. The van der Waals surface area contributed by atoms with Crippen LogP contribution in [-0.4, -0.2) is 50.7 Å². The molecule has 1 atom stereocenters. The zero-order chi connectivity index (χ0) is 18.6. The molecular weight excluding hydrogens is 430 g/mol. The lowest BCUT2D eigenvalue weighted by molar-refractivity contribution is -0.119. The molecular formula is C18H18BrN5O2S. The number of rotatable bonds is 6. The van der Waals surface area contributed by atoms with Crippen molar-refractivity contribution >= 4 is 39.2 Å². The van der Waals surface area contributed by atoms with Crippen molar-refractivity contribution in [1.82, 2.24) is 25.1 Å². The summed E-state index contributed by atoms with van der Waals surface area (Å²) in [4.78, 5) is 12.1. The third-order valence-corrected chi connectivity index (χ3v) is 5.71. The Labute approximate surface area is 169 Å².